The summed E-state index contributed by atoms with van der Waals surface area (Å²) >= 11 is 0. The van der Waals surface area contributed by atoms with Crippen molar-refractivity contribution in [2.24, 2.45) is 17.8 Å². The van der Waals surface area contributed by atoms with Crippen LogP contribution in [-0.4, -0.2) is 143 Å². The largest absolute Gasteiger partial charge is 0.394 e. The van der Waals surface area contributed by atoms with Gasteiger partial charge in [-0.1, -0.05) is 52.4 Å². The van der Waals surface area contributed by atoms with Crippen LogP contribution in [0.25, 0.3) is 0 Å². The van der Waals surface area contributed by atoms with E-state index < -0.39 is 92.2 Å². The monoisotopic (exact) mass is 688 g/mol. The van der Waals surface area contributed by atoms with E-state index in [-0.39, 0.29) is 23.7 Å². The zero-order valence-electron chi connectivity index (χ0n) is 29.3. The molecular formula is C34H60N2O12. The van der Waals surface area contributed by atoms with Crippen molar-refractivity contribution < 1.29 is 58.8 Å². The van der Waals surface area contributed by atoms with Crippen molar-refractivity contribution in [3.63, 3.8) is 0 Å². The van der Waals surface area contributed by atoms with Gasteiger partial charge in [0, 0.05) is 21.0 Å². The van der Waals surface area contributed by atoms with E-state index in [9.17, 15) is 35.1 Å². The van der Waals surface area contributed by atoms with Gasteiger partial charge in [-0.2, -0.15) is 0 Å². The maximum Gasteiger partial charge on any atom is 0.251 e. The Morgan fingerprint density at radius 2 is 1.58 bits per heavy atom. The quantitative estimate of drug-likeness (QED) is 0.166. The van der Waals surface area contributed by atoms with Gasteiger partial charge in [-0.15, -0.1) is 0 Å². The molecule has 2 aliphatic heterocycles. The van der Waals surface area contributed by atoms with E-state index in [1.807, 2.05) is 6.92 Å². The molecule has 278 valence electrons. The number of hydrogen-bond donors (Lipinski definition) is 6. The number of aliphatic hydroxyl groups is 5. The number of aliphatic hydroxyl groups excluding tert-OH is 5. The predicted octanol–water partition coefficient (Wildman–Crippen LogP) is 0.436. The highest BCUT2D eigenvalue weighted by Gasteiger charge is 2.52. The third-order valence-corrected chi connectivity index (χ3v) is 10.6. The summed E-state index contributed by atoms with van der Waals surface area (Å²) in [6.45, 7) is 6.45. The lowest BCUT2D eigenvalue weighted by Crippen LogP contribution is -2.67. The van der Waals surface area contributed by atoms with E-state index in [4.69, 9.17) is 23.7 Å². The van der Waals surface area contributed by atoms with Gasteiger partial charge in [0.15, 0.2) is 12.6 Å². The summed E-state index contributed by atoms with van der Waals surface area (Å²) < 4.78 is 31.4. The second-order valence-corrected chi connectivity index (χ2v) is 14.7. The number of nitrogens with zero attached hydrogens (tertiary/aromatic N) is 1. The second kappa shape index (κ2) is 17.7. The first-order chi connectivity index (χ1) is 22.7. The lowest BCUT2D eigenvalue weighted by molar-refractivity contribution is -0.338. The molecule has 0 aromatic carbocycles. The molecule has 0 spiro atoms. The maximum absolute atomic E-state index is 13.4. The molecule has 4 rings (SSSR count). The molecule has 6 N–H and O–H groups in total. The van der Waals surface area contributed by atoms with Crippen LogP contribution < -0.4 is 5.32 Å². The molecule has 2 amide bonds. The molecule has 0 radical (unpaired) electrons. The maximum atomic E-state index is 13.4. The van der Waals surface area contributed by atoms with Crippen molar-refractivity contribution >= 4 is 11.8 Å². The molecule has 48 heavy (non-hydrogen) atoms. The lowest BCUT2D eigenvalue weighted by Gasteiger charge is -2.49. The molecule has 15 atom stereocenters. The van der Waals surface area contributed by atoms with Crippen LogP contribution in [0.15, 0.2) is 0 Å². The Bertz CT molecular complexity index is 1030. The minimum Gasteiger partial charge on any atom is -0.394 e. The topological polar surface area (TPSA) is 197 Å². The summed E-state index contributed by atoms with van der Waals surface area (Å²) in [6.07, 6.45) is -5.67. The van der Waals surface area contributed by atoms with Crippen molar-refractivity contribution in [2.75, 3.05) is 20.7 Å². The Morgan fingerprint density at radius 1 is 0.896 bits per heavy atom. The molecule has 14 nitrogen and oxygen atoms in total. The predicted molar refractivity (Wildman–Crippen MR) is 172 cm³/mol. The summed E-state index contributed by atoms with van der Waals surface area (Å²) in [5.74, 6) is -0.251. The van der Waals surface area contributed by atoms with E-state index in [0.29, 0.717) is 19.3 Å². The summed E-state index contributed by atoms with van der Waals surface area (Å²) in [6, 6.07) is -1.06. The normalized spacial score (nSPS) is 41.8. The first kappa shape index (κ1) is 39.3. The van der Waals surface area contributed by atoms with Crippen LogP contribution in [0, 0.1) is 17.8 Å². The van der Waals surface area contributed by atoms with Crippen LogP contribution >= 0.6 is 0 Å². The zero-order valence-corrected chi connectivity index (χ0v) is 29.3. The van der Waals surface area contributed by atoms with Crippen LogP contribution in [0.1, 0.15) is 85.5 Å². The number of amides is 2. The number of nitrogens with one attached hydrogen (secondary N) is 1. The number of rotatable bonds is 12. The van der Waals surface area contributed by atoms with Gasteiger partial charge < -0.3 is 59.4 Å². The number of carbonyl (C=O) groups excluding carboxylic acids is 2. The molecule has 6 unspecified atom stereocenters. The molecule has 0 aromatic heterocycles. The average Bonchev–Trinajstić information content (AvgIpc) is 3.05. The molecule has 2 saturated heterocycles. The zero-order chi connectivity index (χ0) is 35.3. The number of hydrogen-bond acceptors (Lipinski definition) is 12. The van der Waals surface area contributed by atoms with Crippen LogP contribution in [0.5, 0.6) is 0 Å². The van der Waals surface area contributed by atoms with Crippen molar-refractivity contribution in [2.45, 2.75) is 165 Å². The Kier molecular flexibility index (Phi) is 14.5. The first-order valence-electron chi connectivity index (χ1n) is 17.8. The van der Waals surface area contributed by atoms with E-state index in [2.05, 4.69) is 12.2 Å². The molecule has 2 heterocycles. The smallest absolute Gasteiger partial charge is 0.251 e. The van der Waals surface area contributed by atoms with Crippen LogP contribution in [0.3, 0.4) is 0 Å². The minimum atomic E-state index is -1.51. The van der Waals surface area contributed by atoms with Crippen LogP contribution in [0.2, 0.25) is 0 Å². The Hall–Kier alpha value is -1.46. The number of ether oxygens (including phenoxy) is 5. The average molecular weight is 689 g/mol. The first-order valence-corrected chi connectivity index (χ1v) is 17.8. The third kappa shape index (κ3) is 9.45. The van der Waals surface area contributed by atoms with Crippen molar-refractivity contribution in [3.05, 3.63) is 0 Å². The minimum absolute atomic E-state index is 0.0412. The highest BCUT2D eigenvalue weighted by Crippen LogP contribution is 2.39. The molecule has 4 fully saturated rings. The van der Waals surface area contributed by atoms with E-state index >= 15 is 0 Å². The van der Waals surface area contributed by atoms with Gasteiger partial charge in [-0.25, -0.2) is 0 Å². The fraction of sp³-hybridized carbons (Fsp3) is 0.941. The van der Waals surface area contributed by atoms with Gasteiger partial charge in [0.1, 0.15) is 48.8 Å². The van der Waals surface area contributed by atoms with Crippen molar-refractivity contribution in [3.8, 4) is 0 Å². The van der Waals surface area contributed by atoms with Gasteiger partial charge in [-0.3, -0.25) is 9.59 Å². The highest BCUT2D eigenvalue weighted by molar-refractivity contribution is 5.80. The highest BCUT2D eigenvalue weighted by atomic mass is 16.7. The second-order valence-electron chi connectivity index (χ2n) is 14.7. The van der Waals surface area contributed by atoms with Gasteiger partial charge in [0.05, 0.1) is 24.9 Å². The van der Waals surface area contributed by atoms with Crippen molar-refractivity contribution in [1.29, 1.82) is 0 Å². The van der Waals surface area contributed by atoms with E-state index in [1.54, 1.807) is 21.0 Å². The SMILES string of the molecule is CC[C@@H]1CC(C)C[C@@H](O[C@@H]2OC(CO)[C@H](O)C(O[C@@H](CC3CCCCC3)C(=O)N(C)C)C2NC(C)=O)[C@@H]1O[C@@H]1OC(C)[C@@H](O)C(O)[C@@H]1O. The fourth-order valence-electron chi connectivity index (χ4n) is 7.92. The van der Waals surface area contributed by atoms with Gasteiger partial charge in [-0.05, 0) is 43.9 Å². The summed E-state index contributed by atoms with van der Waals surface area (Å²) in [4.78, 5) is 27.5. The van der Waals surface area contributed by atoms with Crippen molar-refractivity contribution in [1.82, 2.24) is 10.2 Å². The molecule has 0 bridgehead atoms. The van der Waals surface area contributed by atoms with Crippen LogP contribution in [-0.2, 0) is 33.3 Å². The van der Waals surface area contributed by atoms with E-state index in [1.165, 1.54) is 11.8 Å². The fourth-order valence-corrected chi connectivity index (χ4v) is 7.92. The Labute approximate surface area is 284 Å². The molecule has 0 aromatic rings. The van der Waals surface area contributed by atoms with Gasteiger partial charge in [0.25, 0.3) is 5.91 Å². The molecule has 2 saturated carbocycles. The summed E-state index contributed by atoms with van der Waals surface area (Å²) in [5, 5.41) is 56.0. The van der Waals surface area contributed by atoms with Crippen LogP contribution in [0.4, 0.5) is 0 Å². The Morgan fingerprint density at radius 3 is 2.19 bits per heavy atom. The molecule has 4 aliphatic rings. The van der Waals surface area contributed by atoms with Gasteiger partial charge >= 0.3 is 0 Å². The summed E-state index contributed by atoms with van der Waals surface area (Å²) in [7, 11) is 3.30. The third-order valence-electron chi connectivity index (χ3n) is 10.6. The molecule has 14 heteroatoms. The Balaban J connectivity index is 1.63. The molecular weight excluding hydrogens is 628 g/mol. The summed E-state index contributed by atoms with van der Waals surface area (Å²) in [5.41, 5.74) is 0. The van der Waals surface area contributed by atoms with E-state index in [0.717, 1.165) is 38.5 Å². The molecule has 2 aliphatic carbocycles. The standard InChI is InChI=1S/C34H60N2O12/c1-7-21-13-17(2)14-22(30(21)48-34-29(42)28(41)26(39)18(3)44-34)46-33-25(35-19(4)38)31(27(40)24(16-37)47-33)45-23(32(43)36(5)6)15-20-11-9-8-10-12-20/h17-18,20-31,33-34,37,39-42H,7-16H2,1-6H3,(H,35,38)/t17?,18?,21-,22-,23+,24?,25?,26-,27+,28?,29+,30-,31?,33-,34+/m1/s1. The van der Waals surface area contributed by atoms with Gasteiger partial charge in [0.2, 0.25) is 5.91 Å². The number of likely N-dealkylation sites (N-methyl/N-ethyl adjacent to an activating group) is 1. The lowest BCUT2D eigenvalue weighted by atomic mass is 9.77. The number of carbonyl (C=O) groups is 2.